The first-order chi connectivity index (χ1) is 13.6. The van der Waals surface area contributed by atoms with Crippen molar-refractivity contribution in [3.8, 4) is 11.3 Å². The molecule has 0 atom stereocenters. The second kappa shape index (κ2) is 7.65. The van der Waals surface area contributed by atoms with Gasteiger partial charge in [-0.3, -0.25) is 4.79 Å². The van der Waals surface area contributed by atoms with E-state index in [1.807, 2.05) is 60.7 Å². The largest absolute Gasteiger partial charge is 0.348 e. The number of hydrogen-bond acceptors (Lipinski definition) is 2. The van der Waals surface area contributed by atoms with Gasteiger partial charge in [-0.25, -0.2) is 4.98 Å². The van der Waals surface area contributed by atoms with Crippen LogP contribution in [0.5, 0.6) is 0 Å². The lowest BCUT2D eigenvalue weighted by Gasteiger charge is -2.11. The zero-order valence-electron chi connectivity index (χ0n) is 16.1. The zero-order chi connectivity index (χ0) is 19.5. The van der Waals surface area contributed by atoms with Crippen LogP contribution in [0.3, 0.4) is 0 Å². The van der Waals surface area contributed by atoms with Crippen molar-refractivity contribution >= 4 is 16.8 Å². The molecule has 0 bridgehead atoms. The minimum Gasteiger partial charge on any atom is -0.348 e. The summed E-state index contributed by atoms with van der Waals surface area (Å²) in [6, 6.07) is 25.9. The topological polar surface area (TPSA) is 42.0 Å². The molecule has 1 amide bonds. The lowest BCUT2D eigenvalue weighted by Crippen LogP contribution is -2.23. The monoisotopic (exact) mass is 366 g/mol. The minimum absolute atomic E-state index is 0.0902. The van der Waals surface area contributed by atoms with Crippen LogP contribution in [0.15, 0.2) is 78.9 Å². The Bertz CT molecular complexity index is 1150. The summed E-state index contributed by atoms with van der Waals surface area (Å²) in [7, 11) is 0. The molecular weight excluding hydrogens is 344 g/mol. The van der Waals surface area contributed by atoms with Gasteiger partial charge in [-0.2, -0.15) is 0 Å². The molecular formula is C25H22N2O. The summed E-state index contributed by atoms with van der Waals surface area (Å²) in [5, 5.41) is 3.90. The van der Waals surface area contributed by atoms with Crippen LogP contribution in [0, 0.1) is 13.8 Å². The highest BCUT2D eigenvalue weighted by Gasteiger charge is 2.14. The molecule has 0 saturated heterocycles. The Morgan fingerprint density at radius 1 is 0.857 bits per heavy atom. The number of pyridine rings is 1. The Morgan fingerprint density at radius 3 is 2.39 bits per heavy atom. The zero-order valence-corrected chi connectivity index (χ0v) is 16.1. The van der Waals surface area contributed by atoms with Gasteiger partial charge in [0.2, 0.25) is 0 Å². The quantitative estimate of drug-likeness (QED) is 0.522. The average molecular weight is 366 g/mol. The Kier molecular flexibility index (Phi) is 4.90. The van der Waals surface area contributed by atoms with E-state index in [9.17, 15) is 4.79 Å². The smallest absolute Gasteiger partial charge is 0.252 e. The third-order valence-corrected chi connectivity index (χ3v) is 5.06. The first-order valence-electron chi connectivity index (χ1n) is 9.41. The highest BCUT2D eigenvalue weighted by Crippen LogP contribution is 2.26. The van der Waals surface area contributed by atoms with Crippen molar-refractivity contribution in [2.75, 3.05) is 0 Å². The normalized spacial score (nSPS) is 10.8. The fraction of sp³-hybridized carbons (Fsp3) is 0.120. The summed E-state index contributed by atoms with van der Waals surface area (Å²) in [5.74, 6) is -0.0902. The van der Waals surface area contributed by atoms with E-state index < -0.39 is 0 Å². The fourth-order valence-corrected chi connectivity index (χ4v) is 3.29. The van der Waals surface area contributed by atoms with Crippen LogP contribution in [0.1, 0.15) is 27.0 Å². The molecule has 4 rings (SSSR count). The van der Waals surface area contributed by atoms with E-state index in [1.54, 1.807) is 0 Å². The number of hydrogen-bond donors (Lipinski definition) is 1. The van der Waals surface area contributed by atoms with Crippen molar-refractivity contribution < 1.29 is 4.79 Å². The molecule has 1 heterocycles. The van der Waals surface area contributed by atoms with Crippen molar-refractivity contribution in [2.24, 2.45) is 0 Å². The molecule has 0 aliphatic heterocycles. The Morgan fingerprint density at radius 2 is 1.61 bits per heavy atom. The molecule has 3 heteroatoms. The maximum atomic E-state index is 13.0. The number of para-hydroxylation sites is 1. The molecule has 0 radical (unpaired) electrons. The molecule has 138 valence electrons. The predicted octanol–water partition coefficient (Wildman–Crippen LogP) is 5.45. The number of benzene rings is 3. The number of fused-ring (bicyclic) bond motifs is 1. The van der Waals surface area contributed by atoms with Crippen LogP contribution >= 0.6 is 0 Å². The summed E-state index contributed by atoms with van der Waals surface area (Å²) in [6.07, 6.45) is 0. The van der Waals surface area contributed by atoms with Crippen molar-refractivity contribution in [3.63, 3.8) is 0 Å². The SMILES string of the molecule is Cc1ccc(-c2cc(C(=O)NCc3ccccc3)c3ccccc3n2)cc1C. The number of rotatable bonds is 4. The molecule has 0 saturated carbocycles. The van der Waals surface area contributed by atoms with Gasteiger partial charge in [0.1, 0.15) is 0 Å². The molecule has 0 fully saturated rings. The third-order valence-electron chi connectivity index (χ3n) is 5.06. The van der Waals surface area contributed by atoms with Crippen LogP contribution < -0.4 is 5.32 Å². The van der Waals surface area contributed by atoms with Gasteiger partial charge in [-0.15, -0.1) is 0 Å². The second-order valence-electron chi connectivity index (χ2n) is 7.04. The number of aryl methyl sites for hydroxylation is 2. The summed E-state index contributed by atoms with van der Waals surface area (Å²) in [4.78, 5) is 17.8. The van der Waals surface area contributed by atoms with Crippen LogP contribution in [-0.4, -0.2) is 10.9 Å². The van der Waals surface area contributed by atoms with Gasteiger partial charge in [0.25, 0.3) is 5.91 Å². The molecule has 0 unspecified atom stereocenters. The first-order valence-corrected chi connectivity index (χ1v) is 9.41. The highest BCUT2D eigenvalue weighted by molar-refractivity contribution is 6.07. The number of nitrogens with zero attached hydrogens (tertiary/aromatic N) is 1. The van der Waals surface area contributed by atoms with Gasteiger partial charge >= 0.3 is 0 Å². The second-order valence-corrected chi connectivity index (χ2v) is 7.04. The highest BCUT2D eigenvalue weighted by atomic mass is 16.1. The van der Waals surface area contributed by atoms with Crippen molar-refractivity contribution in [1.82, 2.24) is 10.3 Å². The lowest BCUT2D eigenvalue weighted by atomic mass is 10.0. The van der Waals surface area contributed by atoms with E-state index >= 15 is 0 Å². The summed E-state index contributed by atoms with van der Waals surface area (Å²) in [5.41, 5.74) is 6.83. The van der Waals surface area contributed by atoms with Gasteiger partial charge in [0, 0.05) is 17.5 Å². The van der Waals surface area contributed by atoms with E-state index in [4.69, 9.17) is 4.98 Å². The van der Waals surface area contributed by atoms with E-state index in [-0.39, 0.29) is 5.91 Å². The number of nitrogens with one attached hydrogen (secondary N) is 1. The molecule has 1 N–H and O–H groups in total. The summed E-state index contributed by atoms with van der Waals surface area (Å²) >= 11 is 0. The number of carbonyl (C=O) groups is 1. The molecule has 0 spiro atoms. The number of carbonyl (C=O) groups excluding carboxylic acids is 1. The molecule has 4 aromatic rings. The fourth-order valence-electron chi connectivity index (χ4n) is 3.29. The maximum absolute atomic E-state index is 13.0. The Labute approximate surface area is 165 Å². The number of aromatic nitrogens is 1. The van der Waals surface area contributed by atoms with E-state index in [0.717, 1.165) is 27.7 Å². The lowest BCUT2D eigenvalue weighted by molar-refractivity contribution is 0.0952. The van der Waals surface area contributed by atoms with E-state index in [1.165, 1.54) is 11.1 Å². The first kappa shape index (κ1) is 17.9. The van der Waals surface area contributed by atoms with Gasteiger partial charge in [-0.1, -0.05) is 60.7 Å². The maximum Gasteiger partial charge on any atom is 0.252 e. The Balaban J connectivity index is 1.73. The van der Waals surface area contributed by atoms with Crippen LogP contribution in [-0.2, 0) is 6.54 Å². The predicted molar refractivity (Wildman–Crippen MR) is 114 cm³/mol. The molecule has 3 aromatic carbocycles. The average Bonchev–Trinajstić information content (AvgIpc) is 2.74. The molecule has 28 heavy (non-hydrogen) atoms. The van der Waals surface area contributed by atoms with E-state index in [2.05, 4.69) is 37.4 Å². The standard InChI is InChI=1S/C25H22N2O/c1-17-12-13-20(14-18(17)2)24-15-22(21-10-6-7-11-23(21)27-24)25(28)26-16-19-8-4-3-5-9-19/h3-15H,16H2,1-2H3,(H,26,28). The number of amides is 1. The van der Waals surface area contributed by atoms with Gasteiger partial charge < -0.3 is 5.32 Å². The minimum atomic E-state index is -0.0902. The van der Waals surface area contributed by atoms with Crippen molar-refractivity contribution in [1.29, 1.82) is 0 Å². The van der Waals surface area contributed by atoms with Crippen molar-refractivity contribution in [3.05, 3.63) is 101 Å². The van der Waals surface area contributed by atoms with Crippen LogP contribution in [0.2, 0.25) is 0 Å². The van der Waals surface area contributed by atoms with Gasteiger partial charge in [-0.05, 0) is 48.7 Å². The summed E-state index contributed by atoms with van der Waals surface area (Å²) < 4.78 is 0. The molecule has 0 aliphatic rings. The van der Waals surface area contributed by atoms with Crippen molar-refractivity contribution in [2.45, 2.75) is 20.4 Å². The molecule has 1 aromatic heterocycles. The van der Waals surface area contributed by atoms with Crippen LogP contribution in [0.25, 0.3) is 22.2 Å². The van der Waals surface area contributed by atoms with Gasteiger partial charge in [0.15, 0.2) is 0 Å². The van der Waals surface area contributed by atoms with Gasteiger partial charge in [0.05, 0.1) is 16.8 Å². The third kappa shape index (κ3) is 3.65. The molecule has 3 nitrogen and oxygen atoms in total. The van der Waals surface area contributed by atoms with Crippen LogP contribution in [0.4, 0.5) is 0 Å². The Hall–Kier alpha value is -3.46. The molecule has 0 aliphatic carbocycles. The summed E-state index contributed by atoms with van der Waals surface area (Å²) in [6.45, 7) is 4.68. The van der Waals surface area contributed by atoms with E-state index in [0.29, 0.717) is 12.1 Å².